The van der Waals surface area contributed by atoms with Gasteiger partial charge in [0.1, 0.15) is 13.2 Å². The fourth-order valence-electron chi connectivity index (χ4n) is 6.63. The highest BCUT2D eigenvalue weighted by Crippen LogP contribution is 2.11. The third kappa shape index (κ3) is 52.4. The van der Waals surface area contributed by atoms with Crippen LogP contribution in [0.1, 0.15) is 213 Å². The molecule has 0 aromatic carbocycles. The SMILES string of the molecule is CC/C=C/C/C=C/C/C=C/C/C=C/C/C=C/C/C=C/CCC(=O)OC[C@@H](COC(=O)CCCCCCC/C=C/CCCCCC)OC(=O)CCC/C=C/C/C=C/C/C=C/C/C=C/CCCCC. The van der Waals surface area contributed by atoms with E-state index in [9.17, 15) is 14.4 Å². The molecule has 0 fully saturated rings. The third-order valence-corrected chi connectivity index (χ3v) is 10.6. The summed E-state index contributed by atoms with van der Waals surface area (Å²) in [5.74, 6) is -1.09. The molecular formula is C61H96O6. The third-order valence-electron chi connectivity index (χ3n) is 10.6. The van der Waals surface area contributed by atoms with Crippen molar-refractivity contribution in [1.82, 2.24) is 0 Å². The van der Waals surface area contributed by atoms with Crippen molar-refractivity contribution in [3.63, 3.8) is 0 Å². The number of carbonyl (C=O) groups is 3. The van der Waals surface area contributed by atoms with E-state index >= 15 is 0 Å². The lowest BCUT2D eigenvalue weighted by atomic mass is 10.1. The second kappa shape index (κ2) is 54.2. The number of allylic oxidation sites excluding steroid dienone is 22. The Morgan fingerprint density at radius 1 is 0.313 bits per heavy atom. The summed E-state index contributed by atoms with van der Waals surface area (Å²) >= 11 is 0. The zero-order valence-corrected chi connectivity index (χ0v) is 42.9. The summed E-state index contributed by atoms with van der Waals surface area (Å²) in [6.07, 6.45) is 75.9. The van der Waals surface area contributed by atoms with E-state index in [1.807, 2.05) is 12.2 Å². The van der Waals surface area contributed by atoms with Gasteiger partial charge < -0.3 is 14.2 Å². The van der Waals surface area contributed by atoms with Gasteiger partial charge in [0.2, 0.25) is 0 Å². The second-order valence-electron chi connectivity index (χ2n) is 17.0. The van der Waals surface area contributed by atoms with Gasteiger partial charge in [-0.1, -0.05) is 206 Å². The molecule has 0 aliphatic heterocycles. The lowest BCUT2D eigenvalue weighted by Crippen LogP contribution is -2.30. The van der Waals surface area contributed by atoms with Gasteiger partial charge in [0, 0.05) is 19.3 Å². The Morgan fingerprint density at radius 2 is 0.627 bits per heavy atom. The van der Waals surface area contributed by atoms with E-state index in [0.717, 1.165) is 96.3 Å². The standard InChI is InChI=1S/C61H96O6/c1-4-7-10-13-16-19-22-25-27-29-30-32-33-36-39-42-45-48-51-54-60(63)66-57-58(56-65-59(62)53-50-47-44-41-38-35-24-21-18-15-12-9-6-3)67-61(64)55-52-49-46-43-40-37-34-31-28-26-23-20-17-14-11-8-5-2/h7,10,16-17,19-21,24-28,30,32,34,36-37,39,43,45-46,48,58H,4-6,8-9,11-15,18,22-23,29,31,33,35,38,40-42,44,47,49-57H2,1-3H3/b10-7+,19-16+,20-17+,24-21+,27-25+,28-26+,32-30+,37-34+,39-36+,46-43+,48-45+/t58-/m1/s1. The molecule has 376 valence electrons. The van der Waals surface area contributed by atoms with Crippen LogP contribution in [0.2, 0.25) is 0 Å². The smallest absolute Gasteiger partial charge is 0.306 e. The Hall–Kier alpha value is -4.45. The Labute approximate surface area is 411 Å². The Balaban J connectivity index is 4.62. The van der Waals surface area contributed by atoms with Crippen LogP contribution in [-0.4, -0.2) is 37.2 Å². The van der Waals surface area contributed by atoms with Gasteiger partial charge in [0.05, 0.1) is 0 Å². The van der Waals surface area contributed by atoms with E-state index in [2.05, 4.69) is 142 Å². The van der Waals surface area contributed by atoms with Crippen LogP contribution in [-0.2, 0) is 28.6 Å². The molecule has 0 aliphatic carbocycles. The number of esters is 3. The lowest BCUT2D eigenvalue weighted by molar-refractivity contribution is -0.166. The highest BCUT2D eigenvalue weighted by atomic mass is 16.6. The molecule has 0 amide bonds. The highest BCUT2D eigenvalue weighted by Gasteiger charge is 2.19. The number of hydrogen-bond donors (Lipinski definition) is 0. The Bertz CT molecular complexity index is 1480. The summed E-state index contributed by atoms with van der Waals surface area (Å²) < 4.78 is 16.7. The maximum atomic E-state index is 12.8. The van der Waals surface area contributed by atoms with Crippen LogP contribution in [0.5, 0.6) is 0 Å². The quantitative estimate of drug-likeness (QED) is 0.0262. The summed E-state index contributed by atoms with van der Waals surface area (Å²) in [5, 5.41) is 0. The molecule has 1 atom stereocenters. The van der Waals surface area contributed by atoms with E-state index in [-0.39, 0.29) is 38.0 Å². The highest BCUT2D eigenvalue weighted by molar-refractivity contribution is 5.71. The van der Waals surface area contributed by atoms with Gasteiger partial charge in [-0.15, -0.1) is 0 Å². The molecule has 6 nitrogen and oxygen atoms in total. The molecule has 0 bridgehead atoms. The molecule has 0 aliphatic rings. The predicted octanol–water partition coefficient (Wildman–Crippen LogP) is 17.9. The first-order chi connectivity index (χ1) is 33.0. The largest absolute Gasteiger partial charge is 0.462 e. The zero-order chi connectivity index (χ0) is 48.6. The summed E-state index contributed by atoms with van der Waals surface area (Å²) in [6.45, 7) is 6.34. The van der Waals surface area contributed by atoms with Crippen LogP contribution in [0.25, 0.3) is 0 Å². The number of unbranched alkanes of at least 4 members (excludes halogenated alkanes) is 13. The van der Waals surface area contributed by atoms with E-state index in [0.29, 0.717) is 19.3 Å². The van der Waals surface area contributed by atoms with Crippen molar-refractivity contribution in [1.29, 1.82) is 0 Å². The number of rotatable bonds is 46. The van der Waals surface area contributed by atoms with Gasteiger partial charge in [-0.05, 0) is 122 Å². The number of hydrogen-bond acceptors (Lipinski definition) is 6. The zero-order valence-electron chi connectivity index (χ0n) is 42.9. The molecule has 0 unspecified atom stereocenters. The van der Waals surface area contributed by atoms with Gasteiger partial charge in [0.25, 0.3) is 0 Å². The van der Waals surface area contributed by atoms with Crippen molar-refractivity contribution in [2.24, 2.45) is 0 Å². The molecule has 0 aromatic heterocycles. The van der Waals surface area contributed by atoms with Gasteiger partial charge in [-0.3, -0.25) is 14.4 Å². The van der Waals surface area contributed by atoms with Crippen LogP contribution in [0.15, 0.2) is 134 Å². The molecule has 6 heteroatoms. The Kier molecular flexibility index (Phi) is 50.6. The van der Waals surface area contributed by atoms with Gasteiger partial charge in [-0.2, -0.15) is 0 Å². The van der Waals surface area contributed by atoms with Crippen molar-refractivity contribution in [2.75, 3.05) is 13.2 Å². The van der Waals surface area contributed by atoms with E-state index < -0.39 is 12.1 Å². The monoisotopic (exact) mass is 925 g/mol. The molecule has 0 saturated heterocycles. The average Bonchev–Trinajstić information content (AvgIpc) is 3.33. The summed E-state index contributed by atoms with van der Waals surface area (Å²) in [7, 11) is 0. The van der Waals surface area contributed by atoms with Crippen molar-refractivity contribution in [2.45, 2.75) is 219 Å². The fraction of sp³-hybridized carbons (Fsp3) is 0.590. The summed E-state index contributed by atoms with van der Waals surface area (Å²) in [6, 6.07) is 0. The minimum absolute atomic E-state index is 0.132. The molecule has 0 heterocycles. The molecule has 0 spiro atoms. The molecule has 0 aromatic rings. The van der Waals surface area contributed by atoms with Gasteiger partial charge in [-0.25, -0.2) is 0 Å². The lowest BCUT2D eigenvalue weighted by Gasteiger charge is -2.18. The molecule has 0 saturated carbocycles. The van der Waals surface area contributed by atoms with Crippen LogP contribution < -0.4 is 0 Å². The van der Waals surface area contributed by atoms with Crippen LogP contribution in [0, 0.1) is 0 Å². The topological polar surface area (TPSA) is 78.9 Å². The molecule has 0 rings (SSSR count). The molecule has 67 heavy (non-hydrogen) atoms. The first kappa shape index (κ1) is 62.5. The van der Waals surface area contributed by atoms with E-state index in [4.69, 9.17) is 14.2 Å². The van der Waals surface area contributed by atoms with Gasteiger partial charge in [0.15, 0.2) is 6.10 Å². The fourth-order valence-corrected chi connectivity index (χ4v) is 6.63. The van der Waals surface area contributed by atoms with Crippen LogP contribution >= 0.6 is 0 Å². The molecular weight excluding hydrogens is 829 g/mol. The first-order valence-corrected chi connectivity index (χ1v) is 26.7. The Morgan fingerprint density at radius 3 is 1.09 bits per heavy atom. The molecule has 0 N–H and O–H groups in total. The number of carbonyl (C=O) groups excluding carboxylic acids is 3. The van der Waals surface area contributed by atoms with Crippen molar-refractivity contribution >= 4 is 17.9 Å². The summed E-state index contributed by atoms with van der Waals surface area (Å²) in [5.41, 5.74) is 0. The van der Waals surface area contributed by atoms with Crippen LogP contribution in [0.3, 0.4) is 0 Å². The summed E-state index contributed by atoms with van der Waals surface area (Å²) in [4.78, 5) is 38.0. The minimum atomic E-state index is -0.845. The van der Waals surface area contributed by atoms with Crippen LogP contribution in [0.4, 0.5) is 0 Å². The molecule has 0 radical (unpaired) electrons. The van der Waals surface area contributed by atoms with E-state index in [1.165, 1.54) is 64.2 Å². The maximum Gasteiger partial charge on any atom is 0.306 e. The van der Waals surface area contributed by atoms with Gasteiger partial charge >= 0.3 is 17.9 Å². The van der Waals surface area contributed by atoms with Crippen molar-refractivity contribution in [3.05, 3.63) is 134 Å². The van der Waals surface area contributed by atoms with Crippen molar-refractivity contribution < 1.29 is 28.6 Å². The average molecular weight is 925 g/mol. The maximum absolute atomic E-state index is 12.8. The minimum Gasteiger partial charge on any atom is -0.462 e. The first-order valence-electron chi connectivity index (χ1n) is 26.7. The van der Waals surface area contributed by atoms with Crippen molar-refractivity contribution in [3.8, 4) is 0 Å². The number of ether oxygens (including phenoxy) is 3. The second-order valence-corrected chi connectivity index (χ2v) is 17.0. The normalized spacial score (nSPS) is 13.2. The van der Waals surface area contributed by atoms with E-state index in [1.54, 1.807) is 0 Å². The predicted molar refractivity (Wildman–Crippen MR) is 288 cm³/mol.